The van der Waals surface area contributed by atoms with Crippen molar-refractivity contribution in [3.63, 3.8) is 0 Å². The Kier molecular flexibility index (Phi) is 8.71. The highest BCUT2D eigenvalue weighted by molar-refractivity contribution is 6.32. The van der Waals surface area contributed by atoms with E-state index in [2.05, 4.69) is 5.32 Å². The average molecular weight is 335 g/mol. The van der Waals surface area contributed by atoms with Crippen LogP contribution >= 0.6 is 24.0 Å². The number of hydrogen-bond acceptors (Lipinski definition) is 3. The summed E-state index contributed by atoms with van der Waals surface area (Å²) < 4.78 is 5.10. The zero-order valence-corrected chi connectivity index (χ0v) is 14.3. The van der Waals surface area contributed by atoms with E-state index >= 15 is 0 Å². The number of amides is 1. The molecule has 6 heteroatoms. The van der Waals surface area contributed by atoms with Crippen molar-refractivity contribution in [3.05, 3.63) is 28.8 Å². The molecule has 0 aromatic heterocycles. The largest absolute Gasteiger partial charge is 0.495 e. The summed E-state index contributed by atoms with van der Waals surface area (Å²) in [5.74, 6) is 0.622. The van der Waals surface area contributed by atoms with E-state index in [1.807, 2.05) is 19.9 Å². The van der Waals surface area contributed by atoms with E-state index in [1.165, 1.54) is 0 Å². The molecule has 21 heavy (non-hydrogen) atoms. The van der Waals surface area contributed by atoms with E-state index < -0.39 is 5.41 Å². The van der Waals surface area contributed by atoms with Crippen LogP contribution in [0.15, 0.2) is 18.2 Å². The standard InChI is InChI=1S/C15H23ClN2O2.ClH/c1-4-15(5-2,10-17)14(19)18-9-11-6-7-13(20-3)12(16)8-11;/h6-8H,4-5,9-10,17H2,1-3H3,(H,18,19);1H. The normalized spacial score (nSPS) is 10.7. The Morgan fingerprint density at radius 2 is 2.00 bits per heavy atom. The van der Waals surface area contributed by atoms with Gasteiger partial charge in [-0.3, -0.25) is 4.79 Å². The predicted octanol–water partition coefficient (Wildman–Crippen LogP) is 3.15. The first-order valence-corrected chi connectivity index (χ1v) is 7.21. The number of rotatable bonds is 7. The summed E-state index contributed by atoms with van der Waals surface area (Å²) in [6.07, 6.45) is 1.46. The molecule has 0 radical (unpaired) electrons. The fraction of sp³-hybridized carbons (Fsp3) is 0.533. The van der Waals surface area contributed by atoms with E-state index in [1.54, 1.807) is 19.2 Å². The Hall–Kier alpha value is -0.970. The smallest absolute Gasteiger partial charge is 0.227 e. The van der Waals surface area contributed by atoms with Crippen molar-refractivity contribution in [1.82, 2.24) is 5.32 Å². The van der Waals surface area contributed by atoms with E-state index in [4.69, 9.17) is 22.1 Å². The van der Waals surface area contributed by atoms with Gasteiger partial charge in [0.1, 0.15) is 5.75 Å². The van der Waals surface area contributed by atoms with Gasteiger partial charge in [-0.1, -0.05) is 31.5 Å². The highest BCUT2D eigenvalue weighted by Gasteiger charge is 2.32. The van der Waals surface area contributed by atoms with Gasteiger partial charge in [-0.2, -0.15) is 0 Å². The monoisotopic (exact) mass is 334 g/mol. The van der Waals surface area contributed by atoms with Gasteiger partial charge in [-0.05, 0) is 30.5 Å². The predicted molar refractivity (Wildman–Crippen MR) is 89.2 cm³/mol. The van der Waals surface area contributed by atoms with Crippen LogP contribution in [0.1, 0.15) is 32.3 Å². The van der Waals surface area contributed by atoms with Crippen LogP contribution in [0.3, 0.4) is 0 Å². The lowest BCUT2D eigenvalue weighted by Gasteiger charge is -2.28. The molecule has 4 nitrogen and oxygen atoms in total. The van der Waals surface area contributed by atoms with Gasteiger partial charge in [0.2, 0.25) is 5.91 Å². The number of ether oxygens (including phenoxy) is 1. The number of methoxy groups -OCH3 is 1. The van der Waals surface area contributed by atoms with Crippen LogP contribution in [0, 0.1) is 5.41 Å². The molecule has 0 heterocycles. The zero-order valence-electron chi connectivity index (χ0n) is 12.7. The minimum absolute atomic E-state index is 0. The maximum absolute atomic E-state index is 12.3. The summed E-state index contributed by atoms with van der Waals surface area (Å²) in [7, 11) is 1.57. The van der Waals surface area contributed by atoms with Crippen LogP contribution in [-0.2, 0) is 11.3 Å². The summed E-state index contributed by atoms with van der Waals surface area (Å²) in [5.41, 5.74) is 6.22. The molecule has 0 saturated heterocycles. The lowest BCUT2D eigenvalue weighted by atomic mass is 9.81. The maximum atomic E-state index is 12.3. The molecule has 0 aliphatic rings. The fourth-order valence-electron chi connectivity index (χ4n) is 2.14. The summed E-state index contributed by atoms with van der Waals surface area (Å²) in [4.78, 5) is 12.3. The van der Waals surface area contributed by atoms with Crippen LogP contribution in [0.4, 0.5) is 0 Å². The molecule has 0 spiro atoms. The van der Waals surface area contributed by atoms with E-state index in [0.29, 0.717) is 23.9 Å². The third-order valence-corrected chi connectivity index (χ3v) is 4.19. The molecule has 0 aliphatic heterocycles. The second kappa shape index (κ2) is 9.13. The second-order valence-corrected chi connectivity index (χ2v) is 5.25. The first-order valence-electron chi connectivity index (χ1n) is 6.83. The minimum Gasteiger partial charge on any atom is -0.495 e. The highest BCUT2D eigenvalue weighted by atomic mass is 35.5. The number of hydrogen-bond donors (Lipinski definition) is 2. The number of benzene rings is 1. The molecule has 0 unspecified atom stereocenters. The van der Waals surface area contributed by atoms with Crippen LogP contribution in [0.25, 0.3) is 0 Å². The van der Waals surface area contributed by atoms with Crippen molar-refractivity contribution in [3.8, 4) is 5.75 Å². The number of carbonyl (C=O) groups is 1. The molecule has 120 valence electrons. The summed E-state index contributed by atoms with van der Waals surface area (Å²) >= 11 is 6.06. The Labute approximate surface area is 137 Å². The summed E-state index contributed by atoms with van der Waals surface area (Å²) in [6, 6.07) is 5.47. The molecule has 1 aromatic rings. The highest BCUT2D eigenvalue weighted by Crippen LogP contribution is 2.26. The van der Waals surface area contributed by atoms with Crippen molar-refractivity contribution in [1.29, 1.82) is 0 Å². The van der Waals surface area contributed by atoms with Crippen LogP contribution in [0.2, 0.25) is 5.02 Å². The Morgan fingerprint density at radius 3 is 2.43 bits per heavy atom. The molecule has 0 aliphatic carbocycles. The van der Waals surface area contributed by atoms with E-state index in [-0.39, 0.29) is 18.3 Å². The van der Waals surface area contributed by atoms with E-state index in [9.17, 15) is 4.79 Å². The van der Waals surface area contributed by atoms with E-state index in [0.717, 1.165) is 18.4 Å². The van der Waals surface area contributed by atoms with Gasteiger partial charge in [0.05, 0.1) is 17.5 Å². The van der Waals surface area contributed by atoms with Crippen molar-refractivity contribution < 1.29 is 9.53 Å². The quantitative estimate of drug-likeness (QED) is 0.804. The fourth-order valence-corrected chi connectivity index (χ4v) is 2.42. The van der Waals surface area contributed by atoms with Crippen molar-refractivity contribution in [2.24, 2.45) is 11.1 Å². The van der Waals surface area contributed by atoms with Crippen molar-refractivity contribution in [2.75, 3.05) is 13.7 Å². The van der Waals surface area contributed by atoms with Crippen molar-refractivity contribution >= 4 is 29.9 Å². The Bertz CT molecular complexity index is 455. The van der Waals surface area contributed by atoms with Gasteiger partial charge in [0, 0.05) is 13.1 Å². The summed E-state index contributed by atoms with van der Waals surface area (Å²) in [5, 5.41) is 3.48. The van der Waals surface area contributed by atoms with Gasteiger partial charge in [-0.15, -0.1) is 12.4 Å². The Balaban J connectivity index is 0.00000400. The first-order chi connectivity index (χ1) is 9.52. The topological polar surface area (TPSA) is 64.4 Å². The van der Waals surface area contributed by atoms with Gasteiger partial charge in [-0.25, -0.2) is 0 Å². The molecule has 1 amide bonds. The van der Waals surface area contributed by atoms with Gasteiger partial charge in [0.15, 0.2) is 0 Å². The van der Waals surface area contributed by atoms with Crippen LogP contribution in [0.5, 0.6) is 5.75 Å². The molecule has 3 N–H and O–H groups in total. The zero-order chi connectivity index (χ0) is 15.2. The Morgan fingerprint density at radius 1 is 1.38 bits per heavy atom. The average Bonchev–Trinajstić information content (AvgIpc) is 2.47. The number of nitrogens with two attached hydrogens (primary N) is 1. The number of carbonyl (C=O) groups excluding carboxylic acids is 1. The molecule has 0 atom stereocenters. The minimum atomic E-state index is -0.476. The summed E-state index contributed by atoms with van der Waals surface area (Å²) in [6.45, 7) is 4.76. The molecular weight excluding hydrogens is 311 g/mol. The molecule has 0 saturated carbocycles. The lowest BCUT2D eigenvalue weighted by Crippen LogP contribution is -2.45. The molecule has 0 fully saturated rings. The van der Waals surface area contributed by atoms with Crippen LogP contribution in [-0.4, -0.2) is 19.6 Å². The number of halogens is 2. The first kappa shape index (κ1) is 20.0. The van der Waals surface area contributed by atoms with Gasteiger partial charge < -0.3 is 15.8 Å². The lowest BCUT2D eigenvalue weighted by molar-refractivity contribution is -0.131. The van der Waals surface area contributed by atoms with Gasteiger partial charge in [0.25, 0.3) is 0 Å². The van der Waals surface area contributed by atoms with Gasteiger partial charge >= 0.3 is 0 Å². The maximum Gasteiger partial charge on any atom is 0.227 e. The second-order valence-electron chi connectivity index (χ2n) is 4.84. The molecule has 0 bridgehead atoms. The molecule has 1 aromatic carbocycles. The third kappa shape index (κ3) is 4.77. The third-order valence-electron chi connectivity index (χ3n) is 3.90. The SMILES string of the molecule is CCC(CC)(CN)C(=O)NCc1ccc(OC)c(Cl)c1.Cl. The van der Waals surface area contributed by atoms with Crippen molar-refractivity contribution in [2.45, 2.75) is 33.2 Å². The number of nitrogens with one attached hydrogen (secondary N) is 1. The molecule has 1 rings (SSSR count). The van der Waals surface area contributed by atoms with Crippen LogP contribution < -0.4 is 15.8 Å². The molecular formula is C15H24Cl2N2O2.